The molecule has 1 atom stereocenters. The minimum absolute atomic E-state index is 0.0300. The Hall–Kier alpha value is -2.88. The Morgan fingerprint density at radius 1 is 1.55 bits per heavy atom. The molecule has 2 aromatic heterocycles. The van der Waals surface area contributed by atoms with Crippen molar-refractivity contribution < 1.29 is 13.6 Å². The molecule has 5 nitrogen and oxygen atoms in total. The van der Waals surface area contributed by atoms with Crippen molar-refractivity contribution in [3.63, 3.8) is 0 Å². The molecule has 110 valence electrons. The quantitative estimate of drug-likeness (QED) is 0.835. The highest BCUT2D eigenvalue weighted by molar-refractivity contribution is 6.19. The lowest BCUT2D eigenvalue weighted by molar-refractivity contribution is 0.101. The fraction of sp³-hybridized carbons (Fsp3) is 0.200. The summed E-state index contributed by atoms with van der Waals surface area (Å²) < 4.78 is 28.0. The molecule has 0 saturated carbocycles. The molecule has 2 aromatic rings. The van der Waals surface area contributed by atoms with Crippen LogP contribution in [0.1, 0.15) is 28.8 Å². The van der Waals surface area contributed by atoms with Crippen molar-refractivity contribution in [2.45, 2.75) is 19.0 Å². The van der Waals surface area contributed by atoms with Crippen molar-refractivity contribution in [2.24, 2.45) is 0 Å². The van der Waals surface area contributed by atoms with E-state index >= 15 is 0 Å². The number of carbonyl (C=O) groups is 1. The van der Waals surface area contributed by atoms with Gasteiger partial charge in [0.15, 0.2) is 11.6 Å². The molecule has 1 unspecified atom stereocenters. The van der Waals surface area contributed by atoms with E-state index in [2.05, 4.69) is 9.97 Å². The van der Waals surface area contributed by atoms with Gasteiger partial charge >= 0.3 is 0 Å². The maximum absolute atomic E-state index is 14.0. The van der Waals surface area contributed by atoms with Gasteiger partial charge in [-0.25, -0.2) is 13.8 Å². The van der Waals surface area contributed by atoms with Gasteiger partial charge < -0.3 is 10.4 Å². The van der Waals surface area contributed by atoms with E-state index in [1.807, 2.05) is 6.07 Å². The van der Waals surface area contributed by atoms with Gasteiger partial charge in [0.2, 0.25) is 0 Å². The third kappa shape index (κ3) is 2.09. The molecular formula is C15H10F2N4O. The van der Waals surface area contributed by atoms with Gasteiger partial charge in [-0.15, -0.1) is 0 Å². The van der Waals surface area contributed by atoms with Crippen LogP contribution < -0.4 is 0 Å². The summed E-state index contributed by atoms with van der Waals surface area (Å²) in [5.74, 6) is -1.92. The van der Waals surface area contributed by atoms with E-state index in [0.29, 0.717) is 11.0 Å². The average molecular weight is 300 g/mol. The van der Waals surface area contributed by atoms with E-state index in [1.54, 1.807) is 0 Å². The minimum atomic E-state index is -1.74. The smallest absolute Gasteiger partial charge is 0.197 e. The highest BCUT2D eigenvalue weighted by Crippen LogP contribution is 2.31. The van der Waals surface area contributed by atoms with Crippen LogP contribution in [-0.2, 0) is 0 Å². The lowest BCUT2D eigenvalue weighted by Gasteiger charge is -2.18. The summed E-state index contributed by atoms with van der Waals surface area (Å²) in [6, 6.07) is 3.33. The van der Waals surface area contributed by atoms with Crippen LogP contribution >= 0.6 is 0 Å². The lowest BCUT2D eigenvalue weighted by atomic mass is 9.89. The van der Waals surface area contributed by atoms with Crippen LogP contribution in [0.15, 0.2) is 29.9 Å². The number of fused-ring (bicyclic) bond motifs is 1. The number of aromatic amines is 1. The second-order valence-electron chi connectivity index (χ2n) is 4.98. The molecule has 7 heteroatoms. The number of nitrogens with zero attached hydrogens (tertiary/aromatic N) is 2. The molecule has 2 heterocycles. The van der Waals surface area contributed by atoms with E-state index in [0.717, 1.165) is 0 Å². The number of hydrogen-bond donors (Lipinski definition) is 2. The van der Waals surface area contributed by atoms with Crippen molar-refractivity contribution in [1.29, 1.82) is 10.7 Å². The van der Waals surface area contributed by atoms with Crippen LogP contribution in [0.5, 0.6) is 0 Å². The van der Waals surface area contributed by atoms with Gasteiger partial charge in [-0.05, 0) is 18.9 Å². The molecule has 0 radical (unpaired) electrons. The molecule has 0 saturated heterocycles. The van der Waals surface area contributed by atoms with Gasteiger partial charge in [-0.1, -0.05) is 0 Å². The van der Waals surface area contributed by atoms with Crippen LogP contribution in [0.25, 0.3) is 11.0 Å². The van der Waals surface area contributed by atoms with Gasteiger partial charge in [-0.3, -0.25) is 4.79 Å². The molecule has 0 bridgehead atoms. The van der Waals surface area contributed by atoms with Crippen molar-refractivity contribution in [2.75, 3.05) is 0 Å². The van der Waals surface area contributed by atoms with Gasteiger partial charge in [0.05, 0.1) is 16.8 Å². The summed E-state index contributed by atoms with van der Waals surface area (Å²) in [4.78, 5) is 19.2. The maximum atomic E-state index is 14.0. The van der Waals surface area contributed by atoms with Gasteiger partial charge in [0, 0.05) is 23.3 Å². The minimum Gasteiger partial charge on any atom is -0.345 e. The number of nitrogens with one attached hydrogen (secondary N) is 2. The number of aromatic nitrogens is 2. The van der Waals surface area contributed by atoms with Crippen LogP contribution in [0, 0.1) is 16.7 Å². The number of nitriles is 1. The Kier molecular flexibility index (Phi) is 3.29. The van der Waals surface area contributed by atoms with E-state index in [9.17, 15) is 13.6 Å². The zero-order valence-electron chi connectivity index (χ0n) is 11.3. The van der Waals surface area contributed by atoms with Crippen molar-refractivity contribution in [3.05, 3.63) is 41.0 Å². The molecular weight excluding hydrogens is 290 g/mol. The third-order valence-corrected chi connectivity index (χ3v) is 3.61. The fourth-order valence-electron chi connectivity index (χ4n) is 2.46. The first-order valence-corrected chi connectivity index (χ1v) is 6.56. The Labute approximate surface area is 123 Å². The van der Waals surface area contributed by atoms with Crippen LogP contribution in [0.4, 0.5) is 8.78 Å². The highest BCUT2D eigenvalue weighted by atomic mass is 19.1. The number of H-pyrrole nitrogens is 1. The number of ketones is 1. The molecule has 1 aliphatic carbocycles. The predicted molar refractivity (Wildman–Crippen MR) is 75.1 cm³/mol. The zero-order chi connectivity index (χ0) is 15.9. The number of carbonyl (C=O) groups excluding carboxylic acids is 1. The number of rotatable bonds is 2. The number of allylic oxidation sites excluding steroid dienone is 2. The van der Waals surface area contributed by atoms with Gasteiger partial charge in [-0.2, -0.15) is 5.26 Å². The van der Waals surface area contributed by atoms with Gasteiger partial charge in [0.1, 0.15) is 17.9 Å². The lowest BCUT2D eigenvalue weighted by Crippen LogP contribution is -2.24. The van der Waals surface area contributed by atoms with E-state index < -0.39 is 23.4 Å². The standard InChI is InChI=1S/C15H10F2N4O/c16-10-1-2-11(19)13(17)12(10)14(22)9-6-21-15-8(9)3-7(4-18)5-20-15/h3,5-6,10,19H,1-2H2,(H,20,21). The van der Waals surface area contributed by atoms with Gasteiger partial charge in [0.25, 0.3) is 0 Å². The van der Waals surface area contributed by atoms with Crippen LogP contribution in [0.3, 0.4) is 0 Å². The largest absolute Gasteiger partial charge is 0.345 e. The zero-order valence-corrected chi connectivity index (χ0v) is 11.3. The number of halogens is 2. The topological polar surface area (TPSA) is 93.4 Å². The van der Waals surface area contributed by atoms with Crippen LogP contribution in [0.2, 0.25) is 0 Å². The predicted octanol–water partition coefficient (Wildman–Crippen LogP) is 2.99. The second-order valence-corrected chi connectivity index (χ2v) is 4.98. The Morgan fingerprint density at radius 2 is 2.32 bits per heavy atom. The normalized spacial score (nSPS) is 18.6. The molecule has 0 spiro atoms. The van der Waals surface area contributed by atoms with E-state index in [1.165, 1.54) is 18.5 Å². The number of alkyl halides is 1. The summed E-state index contributed by atoms with van der Waals surface area (Å²) in [5.41, 5.74) is -0.358. The molecule has 0 aromatic carbocycles. The Balaban J connectivity index is 2.15. The summed E-state index contributed by atoms with van der Waals surface area (Å²) in [6.07, 6.45) is 0.793. The summed E-state index contributed by atoms with van der Waals surface area (Å²) >= 11 is 0. The molecule has 0 amide bonds. The Morgan fingerprint density at radius 3 is 3.05 bits per heavy atom. The maximum Gasteiger partial charge on any atom is 0.197 e. The summed E-state index contributed by atoms with van der Waals surface area (Å²) in [5, 5.41) is 16.7. The molecule has 22 heavy (non-hydrogen) atoms. The average Bonchev–Trinajstić information content (AvgIpc) is 2.94. The first-order valence-electron chi connectivity index (χ1n) is 6.56. The first-order chi connectivity index (χ1) is 10.5. The Bertz CT molecular complexity index is 875. The molecule has 2 N–H and O–H groups in total. The fourth-order valence-corrected chi connectivity index (χ4v) is 2.46. The number of hydrogen-bond acceptors (Lipinski definition) is 4. The highest BCUT2D eigenvalue weighted by Gasteiger charge is 2.33. The van der Waals surface area contributed by atoms with E-state index in [4.69, 9.17) is 10.7 Å². The molecule has 0 fully saturated rings. The van der Waals surface area contributed by atoms with Crippen molar-refractivity contribution >= 4 is 22.5 Å². The van der Waals surface area contributed by atoms with Crippen LogP contribution in [-0.4, -0.2) is 27.6 Å². The molecule has 1 aliphatic rings. The summed E-state index contributed by atoms with van der Waals surface area (Å²) in [6.45, 7) is 0. The number of Topliss-reactive ketones (excluding diaryl/α,β-unsaturated/α-hetero) is 1. The summed E-state index contributed by atoms with van der Waals surface area (Å²) in [7, 11) is 0. The van der Waals surface area contributed by atoms with Crippen molar-refractivity contribution in [3.8, 4) is 6.07 Å². The first kappa shape index (κ1) is 14.1. The van der Waals surface area contributed by atoms with Crippen molar-refractivity contribution in [1.82, 2.24) is 9.97 Å². The molecule has 0 aliphatic heterocycles. The monoisotopic (exact) mass is 300 g/mol. The molecule has 3 rings (SSSR count). The SMILES string of the molecule is N#Cc1cnc2[nH]cc(C(=O)C3=C(F)C(=N)CCC3F)c2c1. The number of pyridine rings is 1. The second kappa shape index (κ2) is 5.15. The van der Waals surface area contributed by atoms with E-state index in [-0.39, 0.29) is 29.7 Å². The third-order valence-electron chi connectivity index (χ3n) is 3.61.